The zero-order valence-electron chi connectivity index (χ0n) is 17.9. The van der Waals surface area contributed by atoms with Crippen LogP contribution < -0.4 is 0 Å². The minimum atomic E-state index is 0.883. The van der Waals surface area contributed by atoms with Gasteiger partial charge in [0.25, 0.3) is 0 Å². The standard InChI is InChI=1S/C24H50/c1-5-7-9-11-12-13-14-15-17-19-21-24(22-23(3)4)20-18-16-10-8-6-2/h23-24H,5-22H2,1-4H3. The van der Waals surface area contributed by atoms with Gasteiger partial charge in [0.05, 0.1) is 0 Å². The lowest BCUT2D eigenvalue weighted by Crippen LogP contribution is -2.05. The van der Waals surface area contributed by atoms with Crippen LogP contribution >= 0.6 is 0 Å². The van der Waals surface area contributed by atoms with E-state index in [9.17, 15) is 0 Å². The number of hydrogen-bond donors (Lipinski definition) is 0. The third-order valence-electron chi connectivity index (χ3n) is 5.49. The van der Waals surface area contributed by atoms with Gasteiger partial charge in [-0.3, -0.25) is 0 Å². The Bertz CT molecular complexity index is 218. The molecule has 0 rings (SSSR count). The summed E-state index contributed by atoms with van der Waals surface area (Å²) >= 11 is 0. The fourth-order valence-corrected chi connectivity index (χ4v) is 4.00. The minimum absolute atomic E-state index is 0.883. The molecule has 0 aromatic rings. The second kappa shape index (κ2) is 19.3. The monoisotopic (exact) mass is 338 g/mol. The third kappa shape index (κ3) is 18.3. The van der Waals surface area contributed by atoms with E-state index in [0.717, 1.165) is 11.8 Å². The lowest BCUT2D eigenvalue weighted by Gasteiger charge is -2.19. The van der Waals surface area contributed by atoms with Crippen molar-refractivity contribution in [2.45, 2.75) is 143 Å². The van der Waals surface area contributed by atoms with Crippen LogP contribution in [0.1, 0.15) is 143 Å². The van der Waals surface area contributed by atoms with Gasteiger partial charge in [0.2, 0.25) is 0 Å². The van der Waals surface area contributed by atoms with Crippen molar-refractivity contribution in [2.75, 3.05) is 0 Å². The molecule has 0 aromatic carbocycles. The highest BCUT2D eigenvalue weighted by Gasteiger charge is 2.10. The first kappa shape index (κ1) is 24.0. The Balaban J connectivity index is 3.53. The van der Waals surface area contributed by atoms with Crippen molar-refractivity contribution in [1.82, 2.24) is 0 Å². The number of hydrogen-bond acceptors (Lipinski definition) is 0. The number of rotatable bonds is 19. The maximum absolute atomic E-state index is 2.41. The van der Waals surface area contributed by atoms with Crippen LogP contribution in [0, 0.1) is 11.8 Å². The van der Waals surface area contributed by atoms with Gasteiger partial charge in [0.15, 0.2) is 0 Å². The van der Waals surface area contributed by atoms with Gasteiger partial charge in [-0.25, -0.2) is 0 Å². The van der Waals surface area contributed by atoms with E-state index in [4.69, 9.17) is 0 Å². The fourth-order valence-electron chi connectivity index (χ4n) is 4.00. The van der Waals surface area contributed by atoms with E-state index in [0.29, 0.717) is 0 Å². The van der Waals surface area contributed by atoms with Gasteiger partial charge < -0.3 is 0 Å². The Hall–Kier alpha value is 0. The van der Waals surface area contributed by atoms with Crippen LogP contribution in [-0.2, 0) is 0 Å². The Morgan fingerprint density at radius 3 is 1.12 bits per heavy atom. The second-order valence-electron chi connectivity index (χ2n) is 8.67. The van der Waals surface area contributed by atoms with Gasteiger partial charge in [-0.05, 0) is 18.3 Å². The average Bonchev–Trinajstić information content (AvgIpc) is 2.55. The molecule has 0 radical (unpaired) electrons. The molecule has 1 atom stereocenters. The molecular weight excluding hydrogens is 288 g/mol. The van der Waals surface area contributed by atoms with Crippen molar-refractivity contribution in [3.8, 4) is 0 Å². The molecule has 1 unspecified atom stereocenters. The SMILES string of the molecule is CCCCCCCCCCCCC(CCCCCCC)CC(C)C. The highest BCUT2D eigenvalue weighted by Crippen LogP contribution is 2.25. The molecule has 0 aliphatic carbocycles. The highest BCUT2D eigenvalue weighted by molar-refractivity contribution is 4.63. The van der Waals surface area contributed by atoms with Crippen LogP contribution in [0.15, 0.2) is 0 Å². The van der Waals surface area contributed by atoms with Gasteiger partial charge in [-0.15, -0.1) is 0 Å². The Kier molecular flexibility index (Phi) is 19.3. The Labute approximate surface area is 155 Å². The average molecular weight is 339 g/mol. The summed E-state index contributed by atoms with van der Waals surface area (Å²) in [5.74, 6) is 1.90. The molecule has 0 bridgehead atoms. The van der Waals surface area contributed by atoms with Crippen LogP contribution in [0.3, 0.4) is 0 Å². The molecule has 24 heavy (non-hydrogen) atoms. The molecule has 0 saturated carbocycles. The largest absolute Gasteiger partial charge is 0.0654 e. The van der Waals surface area contributed by atoms with E-state index in [1.165, 1.54) is 116 Å². The van der Waals surface area contributed by atoms with Crippen molar-refractivity contribution in [2.24, 2.45) is 11.8 Å². The Morgan fingerprint density at radius 1 is 0.458 bits per heavy atom. The molecule has 0 nitrogen and oxygen atoms in total. The zero-order chi connectivity index (χ0) is 17.9. The van der Waals surface area contributed by atoms with Crippen molar-refractivity contribution in [3.05, 3.63) is 0 Å². The lowest BCUT2D eigenvalue weighted by atomic mass is 9.87. The summed E-state index contributed by atoms with van der Waals surface area (Å²) in [6, 6.07) is 0. The molecule has 0 N–H and O–H groups in total. The first-order valence-electron chi connectivity index (χ1n) is 11.7. The third-order valence-corrected chi connectivity index (χ3v) is 5.49. The van der Waals surface area contributed by atoms with Gasteiger partial charge >= 0.3 is 0 Å². The topological polar surface area (TPSA) is 0 Å². The first-order valence-corrected chi connectivity index (χ1v) is 11.7. The van der Waals surface area contributed by atoms with Crippen molar-refractivity contribution >= 4 is 0 Å². The molecule has 0 aromatic heterocycles. The number of unbranched alkanes of at least 4 members (excludes halogenated alkanes) is 13. The smallest absolute Gasteiger partial charge is 0.0412 e. The summed E-state index contributed by atoms with van der Waals surface area (Å²) in [6.07, 6.45) is 26.3. The van der Waals surface area contributed by atoms with Crippen LogP contribution in [-0.4, -0.2) is 0 Å². The van der Waals surface area contributed by atoms with Crippen LogP contribution in [0.4, 0.5) is 0 Å². The normalized spacial score (nSPS) is 12.9. The van der Waals surface area contributed by atoms with Crippen molar-refractivity contribution < 1.29 is 0 Å². The predicted molar refractivity (Wildman–Crippen MR) is 113 cm³/mol. The maximum Gasteiger partial charge on any atom is -0.0412 e. The Morgan fingerprint density at radius 2 is 0.792 bits per heavy atom. The summed E-state index contributed by atoms with van der Waals surface area (Å²) in [5, 5.41) is 0. The van der Waals surface area contributed by atoms with E-state index >= 15 is 0 Å². The van der Waals surface area contributed by atoms with Gasteiger partial charge in [-0.1, -0.05) is 137 Å². The molecule has 0 amide bonds. The van der Waals surface area contributed by atoms with Crippen molar-refractivity contribution in [1.29, 1.82) is 0 Å². The first-order chi connectivity index (χ1) is 11.7. The molecule has 0 aliphatic heterocycles. The molecule has 0 heterocycles. The summed E-state index contributed by atoms with van der Waals surface area (Å²) in [7, 11) is 0. The van der Waals surface area contributed by atoms with E-state index in [2.05, 4.69) is 27.7 Å². The summed E-state index contributed by atoms with van der Waals surface area (Å²) in [6.45, 7) is 9.43. The molecular formula is C24H50. The summed E-state index contributed by atoms with van der Waals surface area (Å²) in [5.41, 5.74) is 0. The molecule has 0 spiro atoms. The maximum atomic E-state index is 2.41. The minimum Gasteiger partial charge on any atom is -0.0654 e. The highest BCUT2D eigenvalue weighted by atomic mass is 14.2. The van der Waals surface area contributed by atoms with Crippen LogP contribution in [0.25, 0.3) is 0 Å². The van der Waals surface area contributed by atoms with E-state index in [1.54, 1.807) is 0 Å². The van der Waals surface area contributed by atoms with Gasteiger partial charge in [0.1, 0.15) is 0 Å². The van der Waals surface area contributed by atoms with E-state index in [1.807, 2.05) is 0 Å². The van der Waals surface area contributed by atoms with Gasteiger partial charge in [0, 0.05) is 0 Å². The molecule has 0 aliphatic rings. The quantitative estimate of drug-likeness (QED) is 0.206. The second-order valence-corrected chi connectivity index (χ2v) is 8.67. The lowest BCUT2D eigenvalue weighted by molar-refractivity contribution is 0.339. The van der Waals surface area contributed by atoms with Gasteiger partial charge in [-0.2, -0.15) is 0 Å². The summed E-state index contributed by atoms with van der Waals surface area (Å²) in [4.78, 5) is 0. The van der Waals surface area contributed by atoms with E-state index in [-0.39, 0.29) is 0 Å². The van der Waals surface area contributed by atoms with E-state index < -0.39 is 0 Å². The van der Waals surface area contributed by atoms with Crippen molar-refractivity contribution in [3.63, 3.8) is 0 Å². The zero-order valence-corrected chi connectivity index (χ0v) is 17.9. The predicted octanol–water partition coefficient (Wildman–Crippen LogP) is 9.32. The van der Waals surface area contributed by atoms with Crippen LogP contribution in [0.2, 0.25) is 0 Å². The molecule has 0 heteroatoms. The molecule has 0 saturated heterocycles. The fraction of sp³-hybridized carbons (Fsp3) is 1.00. The summed E-state index contributed by atoms with van der Waals surface area (Å²) < 4.78 is 0. The molecule has 0 fully saturated rings. The molecule has 146 valence electrons. The van der Waals surface area contributed by atoms with Crippen LogP contribution in [0.5, 0.6) is 0 Å².